The predicted octanol–water partition coefficient (Wildman–Crippen LogP) is 3.05. The number of amides is 3. The molecule has 9 heteroatoms. The average Bonchev–Trinajstić information content (AvgIpc) is 3.33. The Balaban J connectivity index is 1.55. The van der Waals surface area contributed by atoms with Gasteiger partial charge in [-0.15, -0.1) is 11.3 Å². The first-order valence-electron chi connectivity index (χ1n) is 9.83. The lowest BCUT2D eigenvalue weighted by Gasteiger charge is -2.24. The summed E-state index contributed by atoms with van der Waals surface area (Å²) in [4.78, 5) is 55.3. The highest BCUT2D eigenvalue weighted by molar-refractivity contribution is 7.13. The van der Waals surface area contributed by atoms with Crippen LogP contribution in [0.25, 0.3) is 0 Å². The van der Waals surface area contributed by atoms with E-state index in [1.54, 1.807) is 29.6 Å². The first-order valence-corrected chi connectivity index (χ1v) is 10.7. The van der Waals surface area contributed by atoms with Gasteiger partial charge in [0.15, 0.2) is 5.13 Å². The summed E-state index contributed by atoms with van der Waals surface area (Å²) in [6, 6.07) is 14.5. The van der Waals surface area contributed by atoms with Gasteiger partial charge in [-0.1, -0.05) is 42.5 Å². The van der Waals surface area contributed by atoms with Gasteiger partial charge in [-0.2, -0.15) is 0 Å². The molecule has 3 aromatic rings. The number of aromatic nitrogens is 1. The molecule has 0 radical (unpaired) electrons. The number of hydrogen-bond donors (Lipinski definition) is 1. The van der Waals surface area contributed by atoms with Crippen molar-refractivity contribution in [2.75, 3.05) is 5.32 Å². The summed E-state index contributed by atoms with van der Waals surface area (Å²) in [6.45, 7) is 1.22. The van der Waals surface area contributed by atoms with Crippen molar-refractivity contribution in [3.8, 4) is 0 Å². The highest BCUT2D eigenvalue weighted by Crippen LogP contribution is 2.27. The van der Waals surface area contributed by atoms with Gasteiger partial charge in [0.05, 0.1) is 16.8 Å². The predicted molar refractivity (Wildman–Crippen MR) is 117 cm³/mol. The maximum absolute atomic E-state index is 13.1. The highest BCUT2D eigenvalue weighted by Gasteiger charge is 2.43. The molecule has 3 amide bonds. The van der Waals surface area contributed by atoms with Crippen molar-refractivity contribution < 1.29 is 23.9 Å². The normalized spacial score (nSPS) is 13.6. The fourth-order valence-corrected chi connectivity index (χ4v) is 4.17. The van der Waals surface area contributed by atoms with Gasteiger partial charge >= 0.3 is 5.97 Å². The number of benzene rings is 2. The van der Waals surface area contributed by atoms with Gasteiger partial charge in [-0.25, -0.2) is 9.78 Å². The molecular weight excluding hydrogens is 430 g/mol. The number of ether oxygens (including phenoxy) is 1. The van der Waals surface area contributed by atoms with E-state index in [0.717, 1.165) is 10.5 Å². The van der Waals surface area contributed by atoms with Gasteiger partial charge in [0, 0.05) is 18.7 Å². The number of fused-ring (bicyclic) bond motifs is 1. The quantitative estimate of drug-likeness (QED) is 0.439. The monoisotopic (exact) mass is 449 g/mol. The number of imide groups is 1. The van der Waals surface area contributed by atoms with E-state index in [9.17, 15) is 19.2 Å². The van der Waals surface area contributed by atoms with Gasteiger partial charge in [-0.05, 0) is 17.7 Å². The molecule has 2 aromatic carbocycles. The molecule has 0 aliphatic carbocycles. The third-order valence-corrected chi connectivity index (χ3v) is 5.68. The van der Waals surface area contributed by atoms with Gasteiger partial charge in [-0.3, -0.25) is 19.3 Å². The zero-order chi connectivity index (χ0) is 22.7. The number of carbonyl (C=O) groups is 4. The summed E-state index contributed by atoms with van der Waals surface area (Å²) >= 11 is 1.21. The lowest BCUT2D eigenvalue weighted by atomic mass is 10.0. The maximum atomic E-state index is 13.1. The molecule has 1 aromatic heterocycles. The van der Waals surface area contributed by atoms with E-state index in [1.165, 1.54) is 18.3 Å². The molecular formula is C23H19N3O5S. The molecule has 32 heavy (non-hydrogen) atoms. The number of nitrogens with one attached hydrogen (secondary N) is 1. The fraction of sp³-hybridized carbons (Fsp3) is 0.174. The van der Waals surface area contributed by atoms with E-state index >= 15 is 0 Å². The summed E-state index contributed by atoms with van der Waals surface area (Å²) in [6.07, 6.45) is 0.124. The number of nitrogens with zero attached hydrogens (tertiary/aromatic N) is 2. The van der Waals surface area contributed by atoms with Crippen LogP contribution in [0.3, 0.4) is 0 Å². The zero-order valence-corrected chi connectivity index (χ0v) is 17.9. The summed E-state index contributed by atoms with van der Waals surface area (Å²) in [7, 11) is 0. The van der Waals surface area contributed by atoms with Crippen LogP contribution < -0.4 is 5.32 Å². The van der Waals surface area contributed by atoms with Gasteiger partial charge in [0.1, 0.15) is 12.6 Å². The van der Waals surface area contributed by atoms with Crippen LogP contribution in [0.15, 0.2) is 60.0 Å². The van der Waals surface area contributed by atoms with Crippen molar-refractivity contribution in [2.24, 2.45) is 0 Å². The zero-order valence-electron chi connectivity index (χ0n) is 17.1. The number of thiazole rings is 1. The minimum Gasteiger partial charge on any atom is -0.458 e. The van der Waals surface area contributed by atoms with E-state index in [2.05, 4.69) is 10.3 Å². The second kappa shape index (κ2) is 9.11. The molecule has 0 fully saturated rings. The Labute approximate surface area is 187 Å². The third-order valence-electron chi connectivity index (χ3n) is 4.88. The van der Waals surface area contributed by atoms with Crippen molar-refractivity contribution in [1.82, 2.24) is 9.88 Å². The van der Waals surface area contributed by atoms with E-state index in [1.807, 2.05) is 30.3 Å². The average molecular weight is 449 g/mol. The van der Waals surface area contributed by atoms with Gasteiger partial charge < -0.3 is 10.1 Å². The molecule has 0 saturated carbocycles. The first-order chi connectivity index (χ1) is 15.4. The third kappa shape index (κ3) is 4.42. The minimum absolute atomic E-state index is 0.124. The standard InChI is InChI=1S/C23H19N3O5S/c1-14(27)24-23-25-16(13-32-23)12-31-22(30)19(11-15-7-3-2-4-8-15)26-20(28)17-9-5-6-10-18(17)21(26)29/h2-10,13,19H,11-12H2,1H3,(H,24,25,27). The van der Waals surface area contributed by atoms with Crippen LogP contribution in [0.2, 0.25) is 0 Å². The van der Waals surface area contributed by atoms with Crippen molar-refractivity contribution in [3.05, 3.63) is 82.4 Å². The number of rotatable bonds is 7. The molecule has 1 N–H and O–H groups in total. The van der Waals surface area contributed by atoms with Crippen LogP contribution in [-0.4, -0.2) is 39.6 Å². The SMILES string of the molecule is CC(=O)Nc1nc(COC(=O)C(Cc2ccccc2)N2C(=O)c3ccccc3C2=O)cs1. The van der Waals surface area contributed by atoms with Crippen molar-refractivity contribution in [2.45, 2.75) is 26.0 Å². The number of carbonyl (C=O) groups excluding carboxylic acids is 4. The van der Waals surface area contributed by atoms with E-state index < -0.39 is 23.8 Å². The number of esters is 1. The molecule has 0 saturated heterocycles. The molecule has 1 atom stereocenters. The molecule has 1 unspecified atom stereocenters. The Hall–Kier alpha value is -3.85. The summed E-state index contributed by atoms with van der Waals surface area (Å²) < 4.78 is 5.44. The van der Waals surface area contributed by atoms with Crippen molar-refractivity contribution >= 4 is 40.2 Å². The van der Waals surface area contributed by atoms with Crippen molar-refractivity contribution in [3.63, 3.8) is 0 Å². The van der Waals surface area contributed by atoms with Crippen LogP contribution in [0, 0.1) is 0 Å². The van der Waals surface area contributed by atoms with Gasteiger partial charge in [0.2, 0.25) is 5.91 Å². The lowest BCUT2D eigenvalue weighted by molar-refractivity contribution is -0.149. The molecule has 162 valence electrons. The van der Waals surface area contributed by atoms with Crippen LogP contribution in [0.1, 0.15) is 38.9 Å². The molecule has 1 aliphatic heterocycles. The fourth-order valence-electron chi connectivity index (χ4n) is 3.43. The second-order valence-electron chi connectivity index (χ2n) is 7.16. The van der Waals surface area contributed by atoms with E-state index in [-0.39, 0.29) is 30.1 Å². The van der Waals surface area contributed by atoms with Gasteiger partial charge in [0.25, 0.3) is 11.8 Å². The molecule has 4 rings (SSSR count). The molecule has 8 nitrogen and oxygen atoms in total. The Bertz CT molecular complexity index is 1160. The topological polar surface area (TPSA) is 106 Å². The first kappa shape index (κ1) is 21.4. The Morgan fingerprint density at radius 2 is 1.66 bits per heavy atom. The van der Waals surface area contributed by atoms with Crippen LogP contribution in [0.5, 0.6) is 0 Å². The van der Waals surface area contributed by atoms with Crippen molar-refractivity contribution in [1.29, 1.82) is 0 Å². The van der Waals surface area contributed by atoms with Crippen LogP contribution in [0.4, 0.5) is 5.13 Å². The Morgan fingerprint density at radius 3 is 2.28 bits per heavy atom. The molecule has 1 aliphatic rings. The molecule has 2 heterocycles. The largest absolute Gasteiger partial charge is 0.458 e. The smallest absolute Gasteiger partial charge is 0.330 e. The molecule has 0 spiro atoms. The van der Waals surface area contributed by atoms with E-state index in [0.29, 0.717) is 10.8 Å². The Kier molecular flexibility index (Phi) is 6.09. The lowest BCUT2D eigenvalue weighted by Crippen LogP contribution is -2.47. The summed E-state index contributed by atoms with van der Waals surface area (Å²) in [5.74, 6) is -2.01. The maximum Gasteiger partial charge on any atom is 0.330 e. The Morgan fingerprint density at radius 1 is 1.03 bits per heavy atom. The summed E-state index contributed by atoms with van der Waals surface area (Å²) in [5, 5.41) is 4.62. The van der Waals surface area contributed by atoms with E-state index in [4.69, 9.17) is 4.74 Å². The summed E-state index contributed by atoms with van der Waals surface area (Å²) in [5.41, 5.74) is 1.77. The minimum atomic E-state index is -1.13. The van der Waals surface area contributed by atoms with Crippen LogP contribution in [-0.2, 0) is 27.4 Å². The number of anilines is 1. The molecule has 0 bridgehead atoms. The number of hydrogen-bond acceptors (Lipinski definition) is 7. The second-order valence-corrected chi connectivity index (χ2v) is 8.02. The van der Waals surface area contributed by atoms with Crippen LogP contribution >= 0.6 is 11.3 Å². The highest BCUT2D eigenvalue weighted by atomic mass is 32.1.